The van der Waals surface area contributed by atoms with E-state index in [0.717, 1.165) is 6.07 Å². The Kier molecular flexibility index (Phi) is 6.61. The molecule has 2 aliphatic heterocycles. The Morgan fingerprint density at radius 1 is 1.21 bits per heavy atom. The predicted molar refractivity (Wildman–Crippen MR) is 150 cm³/mol. The molecule has 4 N–H and O–H groups in total. The van der Waals surface area contributed by atoms with Gasteiger partial charge in [-0.1, -0.05) is 12.1 Å². The molecule has 0 saturated carbocycles. The number of nitrogens with zero attached hydrogens (tertiary/aromatic N) is 2. The molecule has 1 aliphatic carbocycles. The zero-order valence-corrected chi connectivity index (χ0v) is 24.3. The number of nitro groups is 1. The second-order valence-corrected chi connectivity index (χ2v) is 12.8. The molecule has 0 spiro atoms. The minimum atomic E-state index is -3.96. The number of nitro benzene ring substituents is 1. The van der Waals surface area contributed by atoms with Gasteiger partial charge >= 0.3 is 0 Å². The fourth-order valence-corrected chi connectivity index (χ4v) is 7.48. The molecule has 2 aromatic carbocycles. The summed E-state index contributed by atoms with van der Waals surface area (Å²) in [5.41, 5.74) is -3.38. The van der Waals surface area contributed by atoms with Gasteiger partial charge in [0, 0.05) is 49.4 Å². The fourth-order valence-electron chi connectivity index (χ4n) is 5.98. The smallest absolute Gasteiger partial charge is 0.280 e. The van der Waals surface area contributed by atoms with Gasteiger partial charge in [0.05, 0.1) is 11.0 Å². The summed E-state index contributed by atoms with van der Waals surface area (Å²) in [7, 11) is -3.96. The number of benzene rings is 2. The maximum absolute atomic E-state index is 14.2. The number of piperazine rings is 1. The van der Waals surface area contributed by atoms with Crippen LogP contribution in [0, 0.1) is 17.0 Å². The topological polar surface area (TPSA) is 193 Å². The first-order valence-electron chi connectivity index (χ1n) is 13.6. The molecule has 1 amide bonds. The van der Waals surface area contributed by atoms with E-state index >= 15 is 0 Å². The molecule has 43 heavy (non-hydrogen) atoms. The number of aromatic nitrogens is 1. The van der Waals surface area contributed by atoms with Crippen LogP contribution in [0.25, 0.3) is 0 Å². The second kappa shape index (κ2) is 9.87. The molecule has 3 heterocycles. The highest BCUT2D eigenvalue weighted by atomic mass is 32.2. The van der Waals surface area contributed by atoms with Crippen LogP contribution < -0.4 is 20.1 Å². The highest BCUT2D eigenvalue weighted by Gasteiger charge is 2.73. The summed E-state index contributed by atoms with van der Waals surface area (Å²) in [4.78, 5) is 42.1. The average Bonchev–Trinajstić information content (AvgIpc) is 3.53. The molecule has 0 bridgehead atoms. The lowest BCUT2D eigenvalue weighted by Crippen LogP contribution is -2.60. The van der Waals surface area contributed by atoms with Gasteiger partial charge in [-0.3, -0.25) is 19.7 Å². The van der Waals surface area contributed by atoms with E-state index in [-0.39, 0.29) is 52.4 Å². The zero-order chi connectivity index (χ0) is 30.9. The number of Topliss-reactive ketones (excluding diaryl/α,β-unsaturated/α-hetero) is 1. The number of ether oxygens (including phenoxy) is 2. The van der Waals surface area contributed by atoms with E-state index in [2.05, 4.69) is 15.6 Å². The molecule has 14 nitrogen and oxygen atoms in total. The third kappa shape index (κ3) is 4.14. The molecule has 3 aromatic rings. The van der Waals surface area contributed by atoms with Gasteiger partial charge in [0.1, 0.15) is 27.8 Å². The highest BCUT2D eigenvalue weighted by Crippen LogP contribution is 2.60. The van der Waals surface area contributed by atoms with E-state index in [9.17, 15) is 33.2 Å². The first kappa shape index (κ1) is 28.8. The van der Waals surface area contributed by atoms with Crippen molar-refractivity contribution >= 4 is 27.4 Å². The molecule has 2 unspecified atom stereocenters. The van der Waals surface area contributed by atoms with Crippen LogP contribution in [0.3, 0.4) is 0 Å². The molecule has 3 aliphatic rings. The van der Waals surface area contributed by atoms with Crippen molar-refractivity contribution in [2.45, 2.75) is 43.2 Å². The van der Waals surface area contributed by atoms with Crippen molar-refractivity contribution < 1.29 is 37.5 Å². The predicted octanol–water partition coefficient (Wildman–Crippen LogP) is 1.67. The van der Waals surface area contributed by atoms with Crippen LogP contribution >= 0.6 is 0 Å². The van der Waals surface area contributed by atoms with Gasteiger partial charge in [0.15, 0.2) is 0 Å². The standard InChI is InChI=1S/C28H29N5O9S/c1-15(2)41-17-7-8-19-21(14-17)42-28(36)23-18(5-4-6-20(23)33(37)38)25(34)27(19,28)31-26(35)24-16(3)13-22(30-24)43(39,40)32-11-9-29-10-12-32/h4-8,13-15,29-30,36H,9-12H2,1-3H3,(H,31,35). The maximum atomic E-state index is 14.2. The molecule has 15 heteroatoms. The monoisotopic (exact) mass is 611 g/mol. The quantitative estimate of drug-likeness (QED) is 0.226. The number of carbonyl (C=O) groups is 2. The number of nitrogens with one attached hydrogen (secondary N) is 3. The maximum Gasteiger partial charge on any atom is 0.280 e. The van der Waals surface area contributed by atoms with Crippen LogP contribution in [0.1, 0.15) is 51.4 Å². The van der Waals surface area contributed by atoms with E-state index in [0.29, 0.717) is 18.8 Å². The summed E-state index contributed by atoms with van der Waals surface area (Å²) in [5, 5.41) is 29.7. The number of carbonyl (C=O) groups excluding carboxylic acids is 2. The van der Waals surface area contributed by atoms with Crippen molar-refractivity contribution in [2.75, 3.05) is 26.2 Å². The average molecular weight is 612 g/mol. The van der Waals surface area contributed by atoms with Crippen LogP contribution in [0.2, 0.25) is 0 Å². The summed E-state index contributed by atoms with van der Waals surface area (Å²) in [6, 6.07) is 9.47. The number of ketones is 1. The van der Waals surface area contributed by atoms with Gasteiger partial charge in [-0.15, -0.1) is 0 Å². The Morgan fingerprint density at radius 2 is 1.93 bits per heavy atom. The van der Waals surface area contributed by atoms with Crippen molar-refractivity contribution in [3.05, 3.63) is 80.5 Å². The Labute approximate surface area is 246 Å². The summed E-state index contributed by atoms with van der Waals surface area (Å²) < 4.78 is 39.5. The number of H-pyrrole nitrogens is 1. The minimum Gasteiger partial charge on any atom is -0.491 e. The van der Waals surface area contributed by atoms with Crippen molar-refractivity contribution in [1.82, 2.24) is 19.9 Å². The van der Waals surface area contributed by atoms with Crippen molar-refractivity contribution in [2.24, 2.45) is 0 Å². The lowest BCUT2D eigenvalue weighted by Gasteiger charge is -2.34. The zero-order valence-electron chi connectivity index (χ0n) is 23.5. The van der Waals surface area contributed by atoms with Crippen LogP contribution in [-0.4, -0.2) is 71.7 Å². The number of aryl methyl sites for hydroxylation is 1. The summed E-state index contributed by atoms with van der Waals surface area (Å²) in [5.74, 6) is -4.16. The molecular formula is C28H29N5O9S. The van der Waals surface area contributed by atoms with Crippen LogP contribution in [0.15, 0.2) is 47.5 Å². The summed E-state index contributed by atoms with van der Waals surface area (Å²) in [6.07, 6.45) is -0.221. The van der Waals surface area contributed by atoms with Gasteiger partial charge in [0.2, 0.25) is 11.3 Å². The lowest BCUT2D eigenvalue weighted by atomic mass is 9.82. The number of aromatic amines is 1. The molecule has 6 rings (SSSR count). The highest BCUT2D eigenvalue weighted by molar-refractivity contribution is 7.89. The number of amides is 1. The number of rotatable bonds is 7. The van der Waals surface area contributed by atoms with E-state index in [1.54, 1.807) is 13.8 Å². The number of sulfonamides is 1. The van der Waals surface area contributed by atoms with E-state index in [1.807, 2.05) is 0 Å². The second-order valence-electron chi connectivity index (χ2n) is 10.9. The largest absolute Gasteiger partial charge is 0.491 e. The summed E-state index contributed by atoms with van der Waals surface area (Å²) in [6.45, 7) is 6.58. The normalized spacial score (nSPS) is 23.0. The number of hydrogen-bond donors (Lipinski definition) is 4. The number of aliphatic hydroxyl groups is 1. The van der Waals surface area contributed by atoms with Gasteiger partial charge in [-0.05, 0) is 44.5 Å². The molecular weight excluding hydrogens is 582 g/mol. The molecule has 226 valence electrons. The van der Waals surface area contributed by atoms with E-state index in [4.69, 9.17) is 9.47 Å². The van der Waals surface area contributed by atoms with E-state index < -0.39 is 49.2 Å². The van der Waals surface area contributed by atoms with Crippen LogP contribution in [0.4, 0.5) is 5.69 Å². The van der Waals surface area contributed by atoms with E-state index in [1.165, 1.54) is 47.6 Å². The van der Waals surface area contributed by atoms with Crippen molar-refractivity contribution in [3.63, 3.8) is 0 Å². The Balaban J connectivity index is 1.47. The fraction of sp³-hybridized carbons (Fsp3) is 0.357. The summed E-state index contributed by atoms with van der Waals surface area (Å²) >= 11 is 0. The van der Waals surface area contributed by atoms with Gasteiger partial charge < -0.3 is 30.2 Å². The van der Waals surface area contributed by atoms with Gasteiger partial charge in [0.25, 0.3) is 27.4 Å². The molecule has 1 fully saturated rings. The van der Waals surface area contributed by atoms with Crippen molar-refractivity contribution in [3.8, 4) is 11.5 Å². The lowest BCUT2D eigenvalue weighted by molar-refractivity contribution is -0.388. The van der Waals surface area contributed by atoms with Crippen LogP contribution in [0.5, 0.6) is 11.5 Å². The molecule has 1 saturated heterocycles. The SMILES string of the molecule is Cc1cc(S(=O)(=O)N2CCNCC2)[nH]c1C(=O)NC12C(=O)c3cccc([N+](=O)[O-])c3C1(O)Oc1cc(OC(C)C)ccc12. The molecule has 0 radical (unpaired) electrons. The first-order chi connectivity index (χ1) is 20.3. The van der Waals surface area contributed by atoms with Gasteiger partial charge in [-0.2, -0.15) is 4.31 Å². The number of hydrogen-bond acceptors (Lipinski definition) is 10. The Hall–Kier alpha value is -4.31. The third-order valence-electron chi connectivity index (χ3n) is 7.87. The third-order valence-corrected chi connectivity index (χ3v) is 9.69. The Bertz CT molecular complexity index is 1800. The van der Waals surface area contributed by atoms with Crippen LogP contribution in [-0.2, 0) is 21.3 Å². The van der Waals surface area contributed by atoms with Gasteiger partial charge in [-0.25, -0.2) is 8.42 Å². The first-order valence-corrected chi connectivity index (χ1v) is 15.0. The molecule has 2 atom stereocenters. The number of fused-ring (bicyclic) bond motifs is 5. The molecule has 1 aromatic heterocycles. The minimum absolute atomic E-state index is 0.0247. The van der Waals surface area contributed by atoms with Crippen molar-refractivity contribution in [1.29, 1.82) is 0 Å². The Morgan fingerprint density at radius 3 is 2.60 bits per heavy atom.